The van der Waals surface area contributed by atoms with E-state index < -0.39 is 0 Å². The molecule has 0 aromatic carbocycles. The van der Waals surface area contributed by atoms with Gasteiger partial charge in [-0.1, -0.05) is 28.5 Å². The summed E-state index contributed by atoms with van der Waals surface area (Å²) in [6.45, 7) is 2.32. The minimum Gasteiger partial charge on any atom is -0.399 e. The molecule has 0 amide bonds. The second-order valence-corrected chi connectivity index (χ2v) is 6.18. The number of hydrogen-bond acceptors (Lipinski definition) is 7. The molecule has 7 nitrogen and oxygen atoms in total. The Morgan fingerprint density at radius 3 is 2.17 bits per heavy atom. The van der Waals surface area contributed by atoms with Crippen LogP contribution in [0.1, 0.15) is 36.1 Å². The van der Waals surface area contributed by atoms with E-state index in [0.717, 1.165) is 29.9 Å². The fourth-order valence-electron chi connectivity index (χ4n) is 2.66. The SMILES string of the molecule is CON=C(C)c1cccc(CCCON=C(c2ccccn2)c2ccccn2)n1. The molecule has 0 radical (unpaired) electrons. The molecule has 148 valence electrons. The molecule has 7 heteroatoms. The highest BCUT2D eigenvalue weighted by molar-refractivity contribution is 6.10. The average Bonchev–Trinajstić information content (AvgIpc) is 2.78. The van der Waals surface area contributed by atoms with Crippen molar-refractivity contribution < 1.29 is 9.68 Å². The van der Waals surface area contributed by atoms with Gasteiger partial charge >= 0.3 is 0 Å². The van der Waals surface area contributed by atoms with Crippen LogP contribution in [0.3, 0.4) is 0 Å². The maximum Gasteiger partial charge on any atom is 0.154 e. The Labute approximate surface area is 170 Å². The third-order valence-electron chi connectivity index (χ3n) is 4.05. The summed E-state index contributed by atoms with van der Waals surface area (Å²) in [5, 5.41) is 8.22. The predicted molar refractivity (Wildman–Crippen MR) is 112 cm³/mol. The van der Waals surface area contributed by atoms with Gasteiger partial charge in [-0.15, -0.1) is 0 Å². The van der Waals surface area contributed by atoms with Crippen LogP contribution in [0.5, 0.6) is 0 Å². The second kappa shape index (κ2) is 10.7. The minimum atomic E-state index is 0.459. The summed E-state index contributed by atoms with van der Waals surface area (Å²) in [5.41, 5.74) is 4.55. The summed E-state index contributed by atoms with van der Waals surface area (Å²) in [6, 6.07) is 17.2. The molecule has 0 bridgehead atoms. The van der Waals surface area contributed by atoms with Crippen molar-refractivity contribution in [3.63, 3.8) is 0 Å². The third-order valence-corrected chi connectivity index (χ3v) is 4.05. The van der Waals surface area contributed by atoms with Crippen LogP contribution in [-0.4, -0.2) is 40.1 Å². The Bertz CT molecular complexity index is 918. The van der Waals surface area contributed by atoms with Gasteiger partial charge in [-0.05, 0) is 56.2 Å². The average molecular weight is 389 g/mol. The highest BCUT2D eigenvalue weighted by Crippen LogP contribution is 2.08. The fraction of sp³-hybridized carbons (Fsp3) is 0.227. The zero-order valence-corrected chi connectivity index (χ0v) is 16.5. The molecule has 0 saturated heterocycles. The van der Waals surface area contributed by atoms with Gasteiger partial charge in [-0.3, -0.25) is 15.0 Å². The van der Waals surface area contributed by atoms with E-state index in [1.807, 2.05) is 61.5 Å². The van der Waals surface area contributed by atoms with Crippen molar-refractivity contribution in [2.75, 3.05) is 13.7 Å². The zero-order chi connectivity index (χ0) is 20.3. The molecule has 3 rings (SSSR count). The summed E-state index contributed by atoms with van der Waals surface area (Å²) in [7, 11) is 1.52. The maximum absolute atomic E-state index is 5.58. The number of hydrogen-bond donors (Lipinski definition) is 0. The van der Waals surface area contributed by atoms with Crippen LogP contribution in [-0.2, 0) is 16.1 Å². The van der Waals surface area contributed by atoms with E-state index in [9.17, 15) is 0 Å². The first-order valence-electron chi connectivity index (χ1n) is 9.35. The van der Waals surface area contributed by atoms with Gasteiger partial charge in [0, 0.05) is 18.1 Å². The molecular formula is C22H23N5O2. The normalized spacial score (nSPS) is 11.0. The largest absolute Gasteiger partial charge is 0.399 e. The predicted octanol–water partition coefficient (Wildman–Crippen LogP) is 3.64. The van der Waals surface area contributed by atoms with E-state index >= 15 is 0 Å². The summed E-state index contributed by atoms with van der Waals surface area (Å²) >= 11 is 0. The molecular weight excluding hydrogens is 366 g/mol. The molecule has 0 spiro atoms. The van der Waals surface area contributed by atoms with Crippen molar-refractivity contribution in [3.05, 3.63) is 89.8 Å². The van der Waals surface area contributed by atoms with Gasteiger partial charge in [-0.25, -0.2) is 0 Å². The first-order chi connectivity index (χ1) is 14.3. The zero-order valence-electron chi connectivity index (χ0n) is 16.5. The molecule has 3 aromatic rings. The first-order valence-corrected chi connectivity index (χ1v) is 9.35. The standard InChI is InChI=1S/C22H23N5O2/c1-17(26-28-2)19-13-7-9-18(25-19)10-8-16-29-27-22(20-11-3-5-14-23-20)21-12-4-6-15-24-21/h3-7,9,11-15H,8,10,16H2,1-2H3. The lowest BCUT2D eigenvalue weighted by Gasteiger charge is -2.06. The smallest absolute Gasteiger partial charge is 0.154 e. The van der Waals surface area contributed by atoms with Crippen molar-refractivity contribution in [1.29, 1.82) is 0 Å². The van der Waals surface area contributed by atoms with E-state index in [2.05, 4.69) is 25.3 Å². The number of nitrogens with zero attached hydrogens (tertiary/aromatic N) is 5. The number of aromatic nitrogens is 3. The van der Waals surface area contributed by atoms with Crippen molar-refractivity contribution in [2.24, 2.45) is 10.3 Å². The lowest BCUT2D eigenvalue weighted by Crippen LogP contribution is -2.09. The molecule has 0 unspecified atom stereocenters. The topological polar surface area (TPSA) is 81.9 Å². The van der Waals surface area contributed by atoms with Crippen LogP contribution in [0.15, 0.2) is 77.3 Å². The molecule has 29 heavy (non-hydrogen) atoms. The summed E-state index contributed by atoms with van der Waals surface area (Å²) in [5.74, 6) is 0. The highest BCUT2D eigenvalue weighted by atomic mass is 16.6. The maximum atomic E-state index is 5.58. The van der Waals surface area contributed by atoms with Gasteiger partial charge in [0.2, 0.25) is 0 Å². The van der Waals surface area contributed by atoms with Gasteiger partial charge in [0.1, 0.15) is 19.4 Å². The molecule has 0 N–H and O–H groups in total. The minimum absolute atomic E-state index is 0.459. The van der Waals surface area contributed by atoms with Crippen LogP contribution in [0.4, 0.5) is 0 Å². The summed E-state index contributed by atoms with van der Waals surface area (Å²) < 4.78 is 0. The Hall–Kier alpha value is -3.61. The van der Waals surface area contributed by atoms with E-state index in [0.29, 0.717) is 23.7 Å². The van der Waals surface area contributed by atoms with Gasteiger partial charge in [0.25, 0.3) is 0 Å². The van der Waals surface area contributed by atoms with Gasteiger partial charge < -0.3 is 9.68 Å². The van der Waals surface area contributed by atoms with Crippen LogP contribution < -0.4 is 0 Å². The lowest BCUT2D eigenvalue weighted by atomic mass is 10.1. The number of pyridine rings is 3. The summed E-state index contributed by atoms with van der Waals surface area (Å²) in [6.07, 6.45) is 4.99. The van der Waals surface area contributed by atoms with E-state index in [1.54, 1.807) is 12.4 Å². The summed E-state index contributed by atoms with van der Waals surface area (Å²) in [4.78, 5) is 23.7. The Kier molecular flexibility index (Phi) is 7.40. The monoisotopic (exact) mass is 389 g/mol. The Morgan fingerprint density at radius 1 is 0.862 bits per heavy atom. The second-order valence-electron chi connectivity index (χ2n) is 6.18. The first kappa shape index (κ1) is 20.1. The Morgan fingerprint density at radius 2 is 1.55 bits per heavy atom. The van der Waals surface area contributed by atoms with Gasteiger partial charge in [0.05, 0.1) is 17.1 Å². The number of oxime groups is 2. The fourth-order valence-corrected chi connectivity index (χ4v) is 2.66. The molecule has 0 saturated carbocycles. The van der Waals surface area contributed by atoms with E-state index in [4.69, 9.17) is 9.68 Å². The van der Waals surface area contributed by atoms with Gasteiger partial charge in [0.15, 0.2) is 5.71 Å². The molecule has 3 aromatic heterocycles. The van der Waals surface area contributed by atoms with Crippen LogP contribution in [0.2, 0.25) is 0 Å². The third kappa shape index (κ3) is 5.93. The highest BCUT2D eigenvalue weighted by Gasteiger charge is 2.10. The van der Waals surface area contributed by atoms with Crippen LogP contribution in [0.25, 0.3) is 0 Å². The van der Waals surface area contributed by atoms with Crippen molar-refractivity contribution in [3.8, 4) is 0 Å². The van der Waals surface area contributed by atoms with Crippen molar-refractivity contribution >= 4 is 11.4 Å². The lowest BCUT2D eigenvalue weighted by molar-refractivity contribution is 0.142. The van der Waals surface area contributed by atoms with Gasteiger partial charge in [-0.2, -0.15) is 0 Å². The van der Waals surface area contributed by atoms with Crippen LogP contribution in [0, 0.1) is 0 Å². The van der Waals surface area contributed by atoms with Crippen molar-refractivity contribution in [1.82, 2.24) is 15.0 Å². The van der Waals surface area contributed by atoms with E-state index in [1.165, 1.54) is 7.11 Å². The Balaban J connectivity index is 1.61. The molecule has 0 aliphatic heterocycles. The van der Waals surface area contributed by atoms with E-state index in [-0.39, 0.29) is 0 Å². The number of rotatable bonds is 9. The van der Waals surface area contributed by atoms with Crippen molar-refractivity contribution in [2.45, 2.75) is 19.8 Å². The molecule has 0 atom stereocenters. The molecule has 0 fully saturated rings. The molecule has 0 aliphatic rings. The van der Waals surface area contributed by atoms with Crippen LogP contribution >= 0.6 is 0 Å². The molecule has 3 heterocycles. The quantitative estimate of drug-likeness (QED) is 0.317. The number of aryl methyl sites for hydroxylation is 1. The molecule has 0 aliphatic carbocycles.